The molecule has 1 aromatic heterocycles. The minimum Gasteiger partial charge on any atom is -0.481 e. The lowest BCUT2D eigenvalue weighted by Gasteiger charge is -2.05. The van der Waals surface area contributed by atoms with Gasteiger partial charge in [0, 0.05) is 17.0 Å². The van der Waals surface area contributed by atoms with E-state index in [1.54, 1.807) is 0 Å². The molecule has 0 saturated heterocycles. The van der Waals surface area contributed by atoms with Crippen molar-refractivity contribution in [3.05, 3.63) is 36.1 Å². The minimum absolute atomic E-state index is 0.0937. The monoisotopic (exact) mass is 205 g/mol. The van der Waals surface area contributed by atoms with Gasteiger partial charge < -0.3 is 15.3 Å². The number of fused-ring (bicyclic) bond motifs is 1. The van der Waals surface area contributed by atoms with Gasteiger partial charge in [0.2, 0.25) is 0 Å². The Labute approximate surface area is 86.3 Å². The normalized spacial score (nSPS) is 12.9. The maximum atomic E-state index is 10.5. The molecule has 0 unspecified atom stereocenters. The molecule has 78 valence electrons. The van der Waals surface area contributed by atoms with Crippen LogP contribution in [-0.4, -0.2) is 11.1 Å². The molecule has 3 N–H and O–H groups in total. The Morgan fingerprint density at radius 3 is 2.93 bits per heavy atom. The van der Waals surface area contributed by atoms with E-state index in [0.717, 1.165) is 16.5 Å². The van der Waals surface area contributed by atoms with Gasteiger partial charge >= 0.3 is 5.97 Å². The lowest BCUT2D eigenvalue weighted by molar-refractivity contribution is -0.137. The Hall–Kier alpha value is -1.81. The molecule has 0 aliphatic rings. The molecule has 0 bridgehead atoms. The minimum atomic E-state index is -0.909. The highest BCUT2D eigenvalue weighted by Gasteiger charge is 2.15. The second-order valence-electron chi connectivity index (χ2n) is 3.39. The second-order valence-corrected chi connectivity index (χ2v) is 3.39. The van der Waals surface area contributed by atoms with Gasteiger partial charge in [-0.15, -0.1) is 0 Å². The van der Waals surface area contributed by atoms with E-state index in [0.29, 0.717) is 0 Å². The van der Waals surface area contributed by atoms with Gasteiger partial charge in [-0.05, 0) is 6.07 Å². The average molecular weight is 205 g/mol. The van der Waals surface area contributed by atoms with Crippen molar-refractivity contribution in [2.24, 2.45) is 5.73 Å². The summed E-state index contributed by atoms with van der Waals surface area (Å²) in [5.74, 6) is -0.909. The average Bonchev–Trinajstić information content (AvgIpc) is 2.59. The summed E-state index contributed by atoms with van der Waals surface area (Å²) in [5.41, 5.74) is 7.24. The molecule has 0 amide bonds. The Morgan fingerprint density at radius 1 is 1.47 bits per heavy atom. The molecule has 2 rings (SSSR count). The van der Waals surface area contributed by atoms with Crippen LogP contribution in [0.3, 0.4) is 0 Å². The zero-order valence-corrected chi connectivity index (χ0v) is 8.01. The van der Waals surface area contributed by atoms with Crippen LogP contribution in [0.2, 0.25) is 0 Å². The summed E-state index contributed by atoms with van der Waals surface area (Å²) in [6, 6.07) is 6.90. The van der Waals surface area contributed by atoms with E-state index in [4.69, 9.17) is 15.3 Å². The summed E-state index contributed by atoms with van der Waals surface area (Å²) in [4.78, 5) is 10.5. The van der Waals surface area contributed by atoms with Gasteiger partial charge in [-0.2, -0.15) is 0 Å². The lowest BCUT2D eigenvalue weighted by atomic mass is 10.0. The van der Waals surface area contributed by atoms with Gasteiger partial charge in [-0.3, -0.25) is 4.79 Å². The van der Waals surface area contributed by atoms with Crippen LogP contribution in [-0.2, 0) is 4.79 Å². The van der Waals surface area contributed by atoms with E-state index >= 15 is 0 Å². The zero-order valence-electron chi connectivity index (χ0n) is 8.01. The second kappa shape index (κ2) is 3.74. The maximum absolute atomic E-state index is 10.5. The Kier molecular flexibility index (Phi) is 2.43. The summed E-state index contributed by atoms with van der Waals surface area (Å²) >= 11 is 0. The van der Waals surface area contributed by atoms with E-state index < -0.39 is 12.0 Å². The van der Waals surface area contributed by atoms with Crippen molar-refractivity contribution >= 4 is 16.9 Å². The van der Waals surface area contributed by atoms with Crippen molar-refractivity contribution in [1.29, 1.82) is 0 Å². The number of benzene rings is 1. The first-order valence-corrected chi connectivity index (χ1v) is 4.62. The number of para-hydroxylation sites is 1. The molecule has 0 aliphatic carbocycles. The first-order valence-electron chi connectivity index (χ1n) is 4.62. The third-order valence-electron chi connectivity index (χ3n) is 2.30. The van der Waals surface area contributed by atoms with Crippen LogP contribution in [0.1, 0.15) is 18.0 Å². The van der Waals surface area contributed by atoms with E-state index in [1.165, 1.54) is 6.26 Å². The van der Waals surface area contributed by atoms with Crippen LogP contribution >= 0.6 is 0 Å². The Bertz CT molecular complexity index is 489. The van der Waals surface area contributed by atoms with Crippen molar-refractivity contribution < 1.29 is 14.3 Å². The van der Waals surface area contributed by atoms with E-state index in [2.05, 4.69) is 0 Å². The van der Waals surface area contributed by atoms with Crippen LogP contribution in [0.5, 0.6) is 0 Å². The molecule has 0 aliphatic heterocycles. The molecule has 0 radical (unpaired) electrons. The van der Waals surface area contributed by atoms with Crippen molar-refractivity contribution in [2.45, 2.75) is 12.5 Å². The molecule has 4 heteroatoms. The van der Waals surface area contributed by atoms with Gasteiger partial charge in [-0.25, -0.2) is 0 Å². The molecule has 0 fully saturated rings. The molecule has 0 saturated carbocycles. The van der Waals surface area contributed by atoms with Crippen molar-refractivity contribution in [1.82, 2.24) is 0 Å². The van der Waals surface area contributed by atoms with Gasteiger partial charge in [0.25, 0.3) is 0 Å². The first-order chi connectivity index (χ1) is 7.18. The number of aliphatic carboxylic acids is 1. The summed E-state index contributed by atoms with van der Waals surface area (Å²) in [5, 5.41) is 9.52. The van der Waals surface area contributed by atoms with Crippen LogP contribution in [0, 0.1) is 0 Å². The first kappa shape index (κ1) is 9.73. The predicted molar refractivity (Wildman–Crippen MR) is 55.4 cm³/mol. The molecule has 1 heterocycles. The van der Waals surface area contributed by atoms with Gasteiger partial charge in [0.1, 0.15) is 5.58 Å². The maximum Gasteiger partial charge on any atom is 0.305 e. The van der Waals surface area contributed by atoms with Gasteiger partial charge in [0.05, 0.1) is 12.7 Å². The topological polar surface area (TPSA) is 76.5 Å². The fourth-order valence-electron chi connectivity index (χ4n) is 1.58. The summed E-state index contributed by atoms with van der Waals surface area (Å²) in [6.45, 7) is 0. The SMILES string of the molecule is N[C@@H](CC(=O)O)c1coc2ccccc12. The number of hydrogen-bond acceptors (Lipinski definition) is 3. The number of carbonyl (C=O) groups is 1. The molecular weight excluding hydrogens is 194 g/mol. The van der Waals surface area contributed by atoms with Crippen LogP contribution in [0.25, 0.3) is 11.0 Å². The molecule has 2 aromatic rings. The van der Waals surface area contributed by atoms with Crippen LogP contribution < -0.4 is 5.73 Å². The number of nitrogens with two attached hydrogens (primary N) is 1. The third kappa shape index (κ3) is 1.85. The number of hydrogen-bond donors (Lipinski definition) is 2. The van der Waals surface area contributed by atoms with Crippen LogP contribution in [0.4, 0.5) is 0 Å². The van der Waals surface area contributed by atoms with Crippen molar-refractivity contribution in [3.8, 4) is 0 Å². The molecule has 15 heavy (non-hydrogen) atoms. The zero-order chi connectivity index (χ0) is 10.8. The lowest BCUT2D eigenvalue weighted by Crippen LogP contribution is -2.14. The van der Waals surface area contributed by atoms with Gasteiger partial charge in [-0.1, -0.05) is 18.2 Å². The smallest absolute Gasteiger partial charge is 0.305 e. The highest BCUT2D eigenvalue weighted by Crippen LogP contribution is 2.26. The fourth-order valence-corrected chi connectivity index (χ4v) is 1.58. The number of carboxylic acids is 1. The Balaban J connectivity index is 2.39. The third-order valence-corrected chi connectivity index (χ3v) is 2.30. The highest BCUT2D eigenvalue weighted by molar-refractivity contribution is 5.82. The molecular formula is C11H11NO3. The fraction of sp³-hybridized carbons (Fsp3) is 0.182. The van der Waals surface area contributed by atoms with E-state index in [-0.39, 0.29) is 6.42 Å². The number of furan rings is 1. The summed E-state index contributed by atoms with van der Waals surface area (Å²) < 4.78 is 5.28. The Morgan fingerprint density at radius 2 is 2.20 bits per heavy atom. The molecule has 1 atom stereocenters. The summed E-state index contributed by atoms with van der Waals surface area (Å²) in [7, 11) is 0. The molecule has 1 aromatic carbocycles. The largest absolute Gasteiger partial charge is 0.481 e. The van der Waals surface area contributed by atoms with Crippen molar-refractivity contribution in [2.75, 3.05) is 0 Å². The van der Waals surface area contributed by atoms with Gasteiger partial charge in [0.15, 0.2) is 0 Å². The molecule has 4 nitrogen and oxygen atoms in total. The summed E-state index contributed by atoms with van der Waals surface area (Å²) in [6.07, 6.45) is 1.43. The highest BCUT2D eigenvalue weighted by atomic mass is 16.4. The quantitative estimate of drug-likeness (QED) is 0.802. The standard InChI is InChI=1S/C11H11NO3/c12-9(5-11(13)14)8-6-15-10-4-2-1-3-7(8)10/h1-4,6,9H,5,12H2,(H,13,14)/t9-/m0/s1. The van der Waals surface area contributed by atoms with Crippen molar-refractivity contribution in [3.63, 3.8) is 0 Å². The van der Waals surface area contributed by atoms with E-state index in [9.17, 15) is 4.79 Å². The van der Waals surface area contributed by atoms with E-state index in [1.807, 2.05) is 24.3 Å². The number of carboxylic acid groups (broad SMARTS) is 1. The van der Waals surface area contributed by atoms with Crippen LogP contribution in [0.15, 0.2) is 34.9 Å². The predicted octanol–water partition coefficient (Wildman–Crippen LogP) is 1.91. The number of rotatable bonds is 3. The molecule has 0 spiro atoms.